The number of nitrogens with zero attached hydrogens (tertiary/aromatic N) is 1. The van der Waals surface area contributed by atoms with Gasteiger partial charge in [-0.3, -0.25) is 9.59 Å². The molecule has 0 bridgehead atoms. The summed E-state index contributed by atoms with van der Waals surface area (Å²) in [7, 11) is 0. The van der Waals surface area contributed by atoms with Crippen LogP contribution in [-0.4, -0.2) is 29.0 Å². The first-order chi connectivity index (χ1) is 11.6. The third-order valence-electron chi connectivity index (χ3n) is 4.25. The second-order valence-corrected chi connectivity index (χ2v) is 6.26. The van der Waals surface area contributed by atoms with Gasteiger partial charge in [0, 0.05) is 29.4 Å². The third kappa shape index (κ3) is 5.41. The lowest BCUT2D eigenvalue weighted by Gasteiger charge is -2.09. The van der Waals surface area contributed by atoms with Crippen molar-refractivity contribution in [3.8, 4) is 11.4 Å². The zero-order valence-electron chi connectivity index (χ0n) is 14.2. The molecule has 0 radical (unpaired) electrons. The molecule has 3 N–H and O–H groups in total. The zero-order chi connectivity index (χ0) is 16.9. The molecule has 2 aromatic rings. The van der Waals surface area contributed by atoms with Crippen molar-refractivity contribution in [2.75, 3.05) is 18.4 Å². The van der Waals surface area contributed by atoms with Crippen LogP contribution in [0.1, 0.15) is 25.0 Å². The first-order valence-electron chi connectivity index (χ1n) is 8.29. The van der Waals surface area contributed by atoms with Gasteiger partial charge in [-0.2, -0.15) is 0 Å². The standard InChI is InChI=1S/C18H22N4O2.ClH/c1-12-10-17(24)22-18(20-12)14-3-5-15(6-4-14)21-16(23)7-2-13-8-9-19-11-13;/h3-6,10,13,19H,2,7-9,11H2,1H3,(H,21,23)(H,20,22,24);1H. The van der Waals surface area contributed by atoms with Crippen molar-refractivity contribution in [3.63, 3.8) is 0 Å². The molecule has 0 aliphatic carbocycles. The van der Waals surface area contributed by atoms with Gasteiger partial charge in [0.2, 0.25) is 5.91 Å². The number of aromatic amines is 1. The second kappa shape index (κ2) is 8.78. The highest BCUT2D eigenvalue weighted by Gasteiger charge is 2.15. The van der Waals surface area contributed by atoms with Crippen molar-refractivity contribution < 1.29 is 4.79 Å². The minimum atomic E-state index is -0.170. The topological polar surface area (TPSA) is 86.9 Å². The SMILES string of the molecule is Cc1cc(=O)[nH]c(-c2ccc(NC(=O)CCC3CCNC3)cc2)n1.Cl. The molecule has 134 valence electrons. The van der Waals surface area contributed by atoms with Crippen molar-refractivity contribution in [2.24, 2.45) is 5.92 Å². The molecule has 6 nitrogen and oxygen atoms in total. The Labute approximate surface area is 152 Å². The maximum absolute atomic E-state index is 12.0. The summed E-state index contributed by atoms with van der Waals surface area (Å²) in [5, 5.41) is 6.23. The monoisotopic (exact) mass is 362 g/mol. The Balaban J connectivity index is 0.00000225. The number of rotatable bonds is 5. The summed E-state index contributed by atoms with van der Waals surface area (Å²) in [5.74, 6) is 1.19. The van der Waals surface area contributed by atoms with Gasteiger partial charge in [-0.15, -0.1) is 12.4 Å². The summed E-state index contributed by atoms with van der Waals surface area (Å²) in [6.07, 6.45) is 2.62. The van der Waals surface area contributed by atoms with Gasteiger partial charge >= 0.3 is 0 Å². The molecule has 0 spiro atoms. The van der Waals surface area contributed by atoms with E-state index in [1.165, 1.54) is 6.07 Å². The van der Waals surface area contributed by atoms with E-state index in [0.29, 0.717) is 23.9 Å². The van der Waals surface area contributed by atoms with Crippen molar-refractivity contribution in [1.29, 1.82) is 0 Å². The van der Waals surface area contributed by atoms with Gasteiger partial charge in [0.05, 0.1) is 0 Å². The molecule has 7 heteroatoms. The first kappa shape index (κ1) is 19.1. The van der Waals surface area contributed by atoms with E-state index in [1.54, 1.807) is 6.92 Å². The molecule has 0 saturated carbocycles. The fourth-order valence-corrected chi connectivity index (χ4v) is 2.95. The lowest BCUT2D eigenvalue weighted by molar-refractivity contribution is -0.116. The Hall–Kier alpha value is -2.18. The van der Waals surface area contributed by atoms with E-state index in [1.807, 2.05) is 24.3 Å². The Morgan fingerprint density at radius 2 is 2.08 bits per heavy atom. The zero-order valence-corrected chi connectivity index (χ0v) is 15.0. The molecule has 1 aliphatic rings. The largest absolute Gasteiger partial charge is 0.326 e. The number of amides is 1. The number of H-pyrrole nitrogens is 1. The molecule has 1 aromatic carbocycles. The number of aromatic nitrogens is 2. The molecule has 1 aliphatic heterocycles. The third-order valence-corrected chi connectivity index (χ3v) is 4.25. The van der Waals surface area contributed by atoms with Crippen LogP contribution in [0.25, 0.3) is 11.4 Å². The molecule has 3 rings (SSSR count). The van der Waals surface area contributed by atoms with E-state index in [2.05, 4.69) is 20.6 Å². The summed E-state index contributed by atoms with van der Waals surface area (Å²) in [6.45, 7) is 3.86. The van der Waals surface area contributed by atoms with Crippen LogP contribution in [0.4, 0.5) is 5.69 Å². The summed E-state index contributed by atoms with van der Waals surface area (Å²) in [4.78, 5) is 30.6. The van der Waals surface area contributed by atoms with Crippen LogP contribution in [0.3, 0.4) is 0 Å². The van der Waals surface area contributed by atoms with Crippen molar-refractivity contribution in [1.82, 2.24) is 15.3 Å². The van der Waals surface area contributed by atoms with Crippen LogP contribution >= 0.6 is 12.4 Å². The molecule has 1 atom stereocenters. The Kier molecular flexibility index (Phi) is 6.73. The molecule has 1 amide bonds. The van der Waals surface area contributed by atoms with Crippen LogP contribution in [0.15, 0.2) is 35.1 Å². The van der Waals surface area contributed by atoms with E-state index in [-0.39, 0.29) is 23.9 Å². The molecule has 1 unspecified atom stereocenters. The van der Waals surface area contributed by atoms with E-state index in [0.717, 1.165) is 37.2 Å². The molecule has 25 heavy (non-hydrogen) atoms. The fraction of sp³-hybridized carbons (Fsp3) is 0.389. The minimum Gasteiger partial charge on any atom is -0.326 e. The lowest BCUT2D eigenvalue weighted by atomic mass is 10.0. The fourth-order valence-electron chi connectivity index (χ4n) is 2.95. The highest BCUT2D eigenvalue weighted by Crippen LogP contribution is 2.19. The van der Waals surface area contributed by atoms with Crippen LogP contribution in [0.2, 0.25) is 0 Å². The highest BCUT2D eigenvalue weighted by atomic mass is 35.5. The summed E-state index contributed by atoms with van der Waals surface area (Å²) in [6, 6.07) is 8.79. The number of hydrogen-bond donors (Lipinski definition) is 3. The normalized spacial score (nSPS) is 16.3. The predicted molar refractivity (Wildman–Crippen MR) is 101 cm³/mol. The summed E-state index contributed by atoms with van der Waals surface area (Å²) < 4.78 is 0. The number of anilines is 1. The number of carbonyl (C=O) groups excluding carboxylic acids is 1. The Morgan fingerprint density at radius 3 is 2.72 bits per heavy atom. The van der Waals surface area contributed by atoms with E-state index in [4.69, 9.17) is 0 Å². The number of nitrogens with one attached hydrogen (secondary N) is 3. The quantitative estimate of drug-likeness (QED) is 0.762. The number of hydrogen-bond acceptors (Lipinski definition) is 4. The second-order valence-electron chi connectivity index (χ2n) is 6.26. The highest BCUT2D eigenvalue weighted by molar-refractivity contribution is 5.90. The van der Waals surface area contributed by atoms with Crippen molar-refractivity contribution in [3.05, 3.63) is 46.4 Å². The molecular formula is C18H23ClN4O2. The molecular weight excluding hydrogens is 340 g/mol. The van der Waals surface area contributed by atoms with Crippen LogP contribution in [0, 0.1) is 12.8 Å². The van der Waals surface area contributed by atoms with Crippen LogP contribution in [0.5, 0.6) is 0 Å². The maximum atomic E-state index is 12.0. The van der Waals surface area contributed by atoms with Crippen LogP contribution in [-0.2, 0) is 4.79 Å². The molecule has 1 aromatic heterocycles. The van der Waals surface area contributed by atoms with Crippen molar-refractivity contribution >= 4 is 24.0 Å². The number of benzene rings is 1. The van der Waals surface area contributed by atoms with Gasteiger partial charge in [0.1, 0.15) is 5.82 Å². The van der Waals surface area contributed by atoms with Gasteiger partial charge in [-0.1, -0.05) is 0 Å². The van der Waals surface area contributed by atoms with Gasteiger partial charge in [0.15, 0.2) is 0 Å². The van der Waals surface area contributed by atoms with Gasteiger partial charge < -0.3 is 15.6 Å². The Morgan fingerprint density at radius 1 is 1.32 bits per heavy atom. The Bertz CT molecular complexity index is 767. The average Bonchev–Trinajstić information content (AvgIpc) is 3.06. The average molecular weight is 363 g/mol. The van der Waals surface area contributed by atoms with E-state index >= 15 is 0 Å². The lowest BCUT2D eigenvalue weighted by Crippen LogP contribution is -2.15. The number of aryl methyl sites for hydroxylation is 1. The molecule has 2 heterocycles. The maximum Gasteiger partial charge on any atom is 0.251 e. The van der Waals surface area contributed by atoms with Crippen molar-refractivity contribution in [2.45, 2.75) is 26.2 Å². The number of halogens is 1. The number of carbonyl (C=O) groups is 1. The molecule has 1 saturated heterocycles. The van der Waals surface area contributed by atoms with Gasteiger partial charge in [-0.05, 0) is 63.0 Å². The van der Waals surface area contributed by atoms with Gasteiger partial charge in [0.25, 0.3) is 5.56 Å². The summed E-state index contributed by atoms with van der Waals surface area (Å²) in [5.41, 5.74) is 2.07. The predicted octanol–water partition coefficient (Wildman–Crippen LogP) is 2.50. The van der Waals surface area contributed by atoms with E-state index < -0.39 is 0 Å². The smallest absolute Gasteiger partial charge is 0.251 e. The first-order valence-corrected chi connectivity index (χ1v) is 8.29. The minimum absolute atomic E-state index is 0. The molecule has 1 fully saturated rings. The van der Waals surface area contributed by atoms with Gasteiger partial charge in [-0.25, -0.2) is 4.98 Å². The van der Waals surface area contributed by atoms with Crippen LogP contribution < -0.4 is 16.2 Å². The summed E-state index contributed by atoms with van der Waals surface area (Å²) >= 11 is 0. The van der Waals surface area contributed by atoms with E-state index in [9.17, 15) is 9.59 Å².